The van der Waals surface area contributed by atoms with Crippen LogP contribution in [-0.4, -0.2) is 28.2 Å². The molecule has 0 radical (unpaired) electrons. The van der Waals surface area contributed by atoms with Crippen molar-refractivity contribution >= 4 is 15.7 Å². The molecule has 1 aromatic rings. The fourth-order valence-electron chi connectivity index (χ4n) is 2.24. The lowest BCUT2D eigenvalue weighted by molar-refractivity contribution is 0.184. The molecule has 20 heavy (non-hydrogen) atoms. The molecule has 0 spiro atoms. The molecule has 1 saturated heterocycles. The molecule has 1 atom stereocenters. The Morgan fingerprint density at radius 2 is 2.25 bits per heavy atom. The molecule has 1 unspecified atom stereocenters. The van der Waals surface area contributed by atoms with Crippen LogP contribution in [0.5, 0.6) is 0 Å². The van der Waals surface area contributed by atoms with Crippen LogP contribution in [0, 0.1) is 18.7 Å². The van der Waals surface area contributed by atoms with Crippen molar-refractivity contribution < 1.29 is 17.5 Å². The second-order valence-electron chi connectivity index (χ2n) is 5.04. The Bertz CT molecular complexity index is 584. The first-order valence-electron chi connectivity index (χ1n) is 6.53. The van der Waals surface area contributed by atoms with Gasteiger partial charge in [0.15, 0.2) is 0 Å². The molecule has 0 aromatic heterocycles. The lowest BCUT2D eigenvalue weighted by Gasteiger charge is -2.12. The van der Waals surface area contributed by atoms with Crippen LogP contribution in [0.15, 0.2) is 17.0 Å². The van der Waals surface area contributed by atoms with Crippen LogP contribution >= 0.6 is 0 Å². The first-order valence-corrected chi connectivity index (χ1v) is 8.01. The van der Waals surface area contributed by atoms with Gasteiger partial charge in [0.2, 0.25) is 10.0 Å². The smallest absolute Gasteiger partial charge is 0.241 e. The Morgan fingerprint density at radius 1 is 1.50 bits per heavy atom. The summed E-state index contributed by atoms with van der Waals surface area (Å²) >= 11 is 0. The molecule has 5 nitrogen and oxygen atoms in total. The highest BCUT2D eigenvalue weighted by Gasteiger charge is 2.21. The number of hydrogen-bond acceptors (Lipinski definition) is 4. The summed E-state index contributed by atoms with van der Waals surface area (Å²) in [5.41, 5.74) is 5.68. The Labute approximate surface area is 118 Å². The summed E-state index contributed by atoms with van der Waals surface area (Å²) in [4.78, 5) is -0.0994. The van der Waals surface area contributed by atoms with Gasteiger partial charge in [-0.15, -0.1) is 0 Å². The zero-order valence-electron chi connectivity index (χ0n) is 11.4. The van der Waals surface area contributed by atoms with Crippen LogP contribution in [0.25, 0.3) is 0 Å². The summed E-state index contributed by atoms with van der Waals surface area (Å²) < 4.78 is 45.6. The van der Waals surface area contributed by atoms with Crippen LogP contribution in [0.2, 0.25) is 0 Å². The van der Waals surface area contributed by atoms with Crippen LogP contribution in [0.4, 0.5) is 10.1 Å². The molecule has 2 rings (SSSR count). The standard InChI is InChI=1S/C13H19FN2O3S/c1-9-12(14)6-11(15)7-13(9)20(17,18)16-4-2-10-3-5-19-8-10/h6-7,10,16H,2-5,8,15H2,1H3. The average molecular weight is 302 g/mol. The number of benzene rings is 1. The fourth-order valence-corrected chi connectivity index (χ4v) is 3.57. The van der Waals surface area contributed by atoms with Crippen LogP contribution in [-0.2, 0) is 14.8 Å². The molecule has 1 aliphatic rings. The van der Waals surface area contributed by atoms with Gasteiger partial charge in [0.25, 0.3) is 0 Å². The highest BCUT2D eigenvalue weighted by atomic mass is 32.2. The maximum absolute atomic E-state index is 13.5. The van der Waals surface area contributed by atoms with Gasteiger partial charge in [-0.05, 0) is 37.8 Å². The minimum atomic E-state index is -3.74. The Kier molecular flexibility index (Phi) is 4.62. The third kappa shape index (κ3) is 3.47. The Morgan fingerprint density at radius 3 is 2.90 bits per heavy atom. The molecular weight excluding hydrogens is 283 g/mol. The van der Waals surface area contributed by atoms with Gasteiger partial charge in [0.05, 0.1) is 4.90 Å². The maximum Gasteiger partial charge on any atom is 0.241 e. The lowest BCUT2D eigenvalue weighted by Crippen LogP contribution is -2.27. The van der Waals surface area contributed by atoms with Gasteiger partial charge in [0.1, 0.15) is 5.82 Å². The molecule has 0 amide bonds. The van der Waals surface area contributed by atoms with Gasteiger partial charge in [-0.3, -0.25) is 0 Å². The number of ether oxygens (including phenoxy) is 1. The number of nitrogen functional groups attached to an aromatic ring is 1. The summed E-state index contributed by atoms with van der Waals surface area (Å²) in [6.45, 7) is 3.14. The molecule has 112 valence electrons. The van der Waals surface area contributed by atoms with E-state index in [0.717, 1.165) is 19.1 Å². The van der Waals surface area contributed by atoms with E-state index in [4.69, 9.17) is 10.5 Å². The molecule has 0 aliphatic carbocycles. The maximum atomic E-state index is 13.5. The van der Waals surface area contributed by atoms with Crippen molar-refractivity contribution in [2.75, 3.05) is 25.5 Å². The average Bonchev–Trinajstić information content (AvgIpc) is 2.86. The second kappa shape index (κ2) is 6.07. The van der Waals surface area contributed by atoms with Gasteiger partial charge < -0.3 is 10.5 Å². The largest absolute Gasteiger partial charge is 0.399 e. The third-order valence-corrected chi connectivity index (χ3v) is 5.06. The van der Waals surface area contributed by atoms with E-state index < -0.39 is 15.8 Å². The van der Waals surface area contributed by atoms with Gasteiger partial charge in [0, 0.05) is 31.0 Å². The minimum absolute atomic E-state index is 0.0795. The van der Waals surface area contributed by atoms with Crippen molar-refractivity contribution in [2.24, 2.45) is 5.92 Å². The molecule has 0 bridgehead atoms. The van der Waals surface area contributed by atoms with Crippen molar-refractivity contribution in [3.63, 3.8) is 0 Å². The summed E-state index contributed by atoms with van der Waals surface area (Å²) in [5, 5.41) is 0. The summed E-state index contributed by atoms with van der Waals surface area (Å²) in [6.07, 6.45) is 1.66. The number of sulfonamides is 1. The molecule has 1 fully saturated rings. The SMILES string of the molecule is Cc1c(F)cc(N)cc1S(=O)(=O)NCCC1CCOC1. The van der Waals surface area contributed by atoms with Crippen molar-refractivity contribution in [3.8, 4) is 0 Å². The summed E-state index contributed by atoms with van der Waals surface area (Å²) in [7, 11) is -3.74. The van der Waals surface area contributed by atoms with E-state index in [-0.39, 0.29) is 16.1 Å². The van der Waals surface area contributed by atoms with E-state index in [0.29, 0.717) is 25.5 Å². The van der Waals surface area contributed by atoms with Crippen molar-refractivity contribution in [1.82, 2.24) is 4.72 Å². The van der Waals surface area contributed by atoms with E-state index in [1.165, 1.54) is 13.0 Å². The van der Waals surface area contributed by atoms with Crippen molar-refractivity contribution in [3.05, 3.63) is 23.5 Å². The monoisotopic (exact) mass is 302 g/mol. The number of anilines is 1. The van der Waals surface area contributed by atoms with Gasteiger partial charge in [-0.25, -0.2) is 17.5 Å². The molecule has 0 saturated carbocycles. The fraction of sp³-hybridized carbons (Fsp3) is 0.538. The molecule has 1 heterocycles. The highest BCUT2D eigenvalue weighted by Crippen LogP contribution is 2.22. The van der Waals surface area contributed by atoms with Crippen molar-refractivity contribution in [1.29, 1.82) is 0 Å². The van der Waals surface area contributed by atoms with Crippen LogP contribution < -0.4 is 10.5 Å². The number of hydrogen-bond donors (Lipinski definition) is 2. The highest BCUT2D eigenvalue weighted by molar-refractivity contribution is 7.89. The van der Waals surface area contributed by atoms with E-state index in [9.17, 15) is 12.8 Å². The predicted molar refractivity (Wildman–Crippen MR) is 74.3 cm³/mol. The predicted octanol–water partition coefficient (Wildman–Crippen LogP) is 1.42. The normalized spacial score (nSPS) is 19.4. The van der Waals surface area contributed by atoms with Crippen LogP contribution in [0.1, 0.15) is 18.4 Å². The van der Waals surface area contributed by atoms with Gasteiger partial charge >= 0.3 is 0 Å². The molecule has 3 N–H and O–H groups in total. The number of nitrogens with two attached hydrogens (primary N) is 1. The van der Waals surface area contributed by atoms with Gasteiger partial charge in [-0.2, -0.15) is 0 Å². The van der Waals surface area contributed by atoms with E-state index in [1.807, 2.05) is 0 Å². The second-order valence-corrected chi connectivity index (χ2v) is 6.78. The quantitative estimate of drug-likeness (QED) is 0.806. The number of halogens is 1. The first-order chi connectivity index (χ1) is 9.40. The third-order valence-electron chi connectivity index (χ3n) is 3.48. The van der Waals surface area contributed by atoms with Crippen LogP contribution in [0.3, 0.4) is 0 Å². The number of rotatable bonds is 5. The topological polar surface area (TPSA) is 81.4 Å². The summed E-state index contributed by atoms with van der Waals surface area (Å²) in [5.74, 6) is -0.231. The minimum Gasteiger partial charge on any atom is -0.399 e. The van der Waals surface area contributed by atoms with E-state index >= 15 is 0 Å². The molecule has 1 aromatic carbocycles. The van der Waals surface area contributed by atoms with E-state index in [2.05, 4.69) is 4.72 Å². The number of nitrogens with one attached hydrogen (secondary N) is 1. The zero-order valence-corrected chi connectivity index (χ0v) is 12.2. The Hall–Kier alpha value is -1.18. The lowest BCUT2D eigenvalue weighted by atomic mass is 10.1. The van der Waals surface area contributed by atoms with Gasteiger partial charge in [-0.1, -0.05) is 0 Å². The molecule has 1 aliphatic heterocycles. The zero-order chi connectivity index (χ0) is 14.8. The molecule has 7 heteroatoms. The Balaban J connectivity index is 2.06. The first kappa shape index (κ1) is 15.2. The van der Waals surface area contributed by atoms with E-state index in [1.54, 1.807) is 0 Å². The van der Waals surface area contributed by atoms with Crippen molar-refractivity contribution in [2.45, 2.75) is 24.7 Å². The summed E-state index contributed by atoms with van der Waals surface area (Å²) in [6, 6.07) is 2.39. The molecular formula is C13H19FN2O3S.